The van der Waals surface area contributed by atoms with Crippen molar-refractivity contribution in [2.24, 2.45) is 0 Å². The fourth-order valence-corrected chi connectivity index (χ4v) is 5.32. The van der Waals surface area contributed by atoms with E-state index in [-0.39, 0.29) is 18.4 Å². The second-order valence-electron chi connectivity index (χ2n) is 8.00. The zero-order valence-electron chi connectivity index (χ0n) is 18.3. The molecule has 0 unspecified atom stereocenters. The van der Waals surface area contributed by atoms with Crippen molar-refractivity contribution in [3.8, 4) is 17.0 Å². The van der Waals surface area contributed by atoms with Crippen molar-refractivity contribution in [3.63, 3.8) is 0 Å². The van der Waals surface area contributed by atoms with Gasteiger partial charge >= 0.3 is 0 Å². The van der Waals surface area contributed by atoms with Crippen molar-refractivity contribution in [1.29, 1.82) is 0 Å². The van der Waals surface area contributed by atoms with Crippen LogP contribution in [0.1, 0.15) is 12.8 Å². The van der Waals surface area contributed by atoms with E-state index in [0.717, 1.165) is 33.5 Å². The summed E-state index contributed by atoms with van der Waals surface area (Å²) in [4.78, 5) is 29.5. The molecule has 0 aliphatic heterocycles. The number of thiazole rings is 1. The number of anilines is 1. The molecule has 8 heteroatoms. The SMILES string of the molecule is O=C(COc1ccc2ccccc2c1)Nc1sc(SCC(=O)NC2CC2)nc1-c1ccccc1. The van der Waals surface area contributed by atoms with Gasteiger partial charge in [0.25, 0.3) is 5.91 Å². The van der Waals surface area contributed by atoms with E-state index in [2.05, 4.69) is 10.6 Å². The number of hydrogen-bond donors (Lipinski definition) is 2. The van der Waals surface area contributed by atoms with Crippen molar-refractivity contribution in [2.75, 3.05) is 17.7 Å². The van der Waals surface area contributed by atoms with E-state index in [1.54, 1.807) is 0 Å². The van der Waals surface area contributed by atoms with Crippen molar-refractivity contribution in [3.05, 3.63) is 72.8 Å². The molecule has 3 aromatic carbocycles. The smallest absolute Gasteiger partial charge is 0.262 e. The molecule has 2 amide bonds. The predicted octanol–water partition coefficient (Wildman–Crippen LogP) is 5.35. The van der Waals surface area contributed by atoms with E-state index in [1.165, 1.54) is 23.1 Å². The van der Waals surface area contributed by atoms with Gasteiger partial charge in [0.15, 0.2) is 10.9 Å². The minimum absolute atomic E-state index is 0.0123. The van der Waals surface area contributed by atoms with Gasteiger partial charge in [-0.1, -0.05) is 83.8 Å². The molecular weight excluding hydrogens is 466 g/mol. The van der Waals surface area contributed by atoms with Crippen LogP contribution >= 0.6 is 23.1 Å². The number of carbonyl (C=O) groups is 2. The number of ether oxygens (including phenoxy) is 1. The topological polar surface area (TPSA) is 80.3 Å². The van der Waals surface area contributed by atoms with Crippen LogP contribution in [0.25, 0.3) is 22.0 Å². The van der Waals surface area contributed by atoms with E-state index >= 15 is 0 Å². The van der Waals surface area contributed by atoms with Crippen molar-refractivity contribution >= 4 is 50.7 Å². The number of benzene rings is 3. The molecule has 172 valence electrons. The molecule has 5 rings (SSSR count). The molecule has 6 nitrogen and oxygen atoms in total. The van der Waals surface area contributed by atoms with Crippen LogP contribution in [0.4, 0.5) is 5.00 Å². The quantitative estimate of drug-likeness (QED) is 0.310. The number of nitrogens with zero attached hydrogens (tertiary/aromatic N) is 1. The number of aromatic nitrogens is 1. The summed E-state index contributed by atoms with van der Waals surface area (Å²) < 4.78 is 6.47. The van der Waals surface area contributed by atoms with Gasteiger partial charge in [-0.05, 0) is 35.7 Å². The molecule has 4 aromatic rings. The Balaban J connectivity index is 1.26. The first-order valence-electron chi connectivity index (χ1n) is 11.0. The third kappa shape index (κ3) is 5.76. The monoisotopic (exact) mass is 489 g/mol. The lowest BCUT2D eigenvalue weighted by atomic mass is 10.1. The number of nitrogens with one attached hydrogen (secondary N) is 2. The largest absolute Gasteiger partial charge is 0.484 e. The van der Waals surface area contributed by atoms with Gasteiger partial charge in [-0.2, -0.15) is 0 Å². The van der Waals surface area contributed by atoms with Gasteiger partial charge in [0, 0.05) is 11.6 Å². The summed E-state index contributed by atoms with van der Waals surface area (Å²) >= 11 is 2.75. The number of hydrogen-bond acceptors (Lipinski definition) is 6. The maximum absolute atomic E-state index is 12.7. The average molecular weight is 490 g/mol. The second-order valence-corrected chi connectivity index (χ2v) is 10.2. The summed E-state index contributed by atoms with van der Waals surface area (Å²) in [6, 6.07) is 23.8. The molecular formula is C26H23N3O3S2. The second kappa shape index (κ2) is 10.3. The van der Waals surface area contributed by atoms with E-state index < -0.39 is 0 Å². The predicted molar refractivity (Wildman–Crippen MR) is 138 cm³/mol. The van der Waals surface area contributed by atoms with Crippen LogP contribution in [0.2, 0.25) is 0 Å². The van der Waals surface area contributed by atoms with Crippen LogP contribution < -0.4 is 15.4 Å². The fraction of sp³-hybridized carbons (Fsp3) is 0.192. The summed E-state index contributed by atoms with van der Waals surface area (Å²) in [6.07, 6.45) is 2.12. The van der Waals surface area contributed by atoms with Gasteiger partial charge in [0.05, 0.1) is 5.75 Å². The fourth-order valence-electron chi connectivity index (χ4n) is 3.43. The Bertz CT molecular complexity index is 1320. The third-order valence-electron chi connectivity index (χ3n) is 5.27. The average Bonchev–Trinajstić information content (AvgIpc) is 3.59. The first-order valence-corrected chi connectivity index (χ1v) is 12.8. The Hall–Kier alpha value is -3.36. The number of fused-ring (bicyclic) bond motifs is 1. The first-order chi connectivity index (χ1) is 16.6. The molecule has 1 aliphatic carbocycles. The lowest BCUT2D eigenvalue weighted by molar-refractivity contribution is -0.119. The maximum atomic E-state index is 12.7. The molecule has 1 saturated carbocycles. The molecule has 0 bridgehead atoms. The highest BCUT2D eigenvalue weighted by Crippen LogP contribution is 2.37. The van der Waals surface area contributed by atoms with Gasteiger partial charge < -0.3 is 15.4 Å². The van der Waals surface area contributed by atoms with E-state index in [9.17, 15) is 9.59 Å². The molecule has 1 heterocycles. The normalized spacial score (nSPS) is 12.9. The minimum Gasteiger partial charge on any atom is -0.484 e. The van der Waals surface area contributed by atoms with E-state index in [0.29, 0.717) is 28.2 Å². The molecule has 0 spiro atoms. The molecule has 1 aliphatic rings. The highest BCUT2D eigenvalue weighted by molar-refractivity contribution is 8.01. The van der Waals surface area contributed by atoms with Gasteiger partial charge in [0.2, 0.25) is 5.91 Å². The summed E-state index contributed by atoms with van der Waals surface area (Å²) in [5, 5.41) is 8.75. The third-order valence-corrected chi connectivity index (χ3v) is 7.38. The number of thioether (sulfide) groups is 1. The molecule has 0 radical (unpaired) electrons. The van der Waals surface area contributed by atoms with Crippen LogP contribution in [0.3, 0.4) is 0 Å². The van der Waals surface area contributed by atoms with Gasteiger partial charge in [-0.3, -0.25) is 9.59 Å². The summed E-state index contributed by atoms with van der Waals surface area (Å²) in [5.74, 6) is 0.686. The summed E-state index contributed by atoms with van der Waals surface area (Å²) in [7, 11) is 0. The number of carbonyl (C=O) groups excluding carboxylic acids is 2. The van der Waals surface area contributed by atoms with Crippen LogP contribution in [0, 0.1) is 0 Å². The van der Waals surface area contributed by atoms with Gasteiger partial charge in [0.1, 0.15) is 16.4 Å². The molecule has 0 saturated heterocycles. The zero-order valence-corrected chi connectivity index (χ0v) is 20.0. The van der Waals surface area contributed by atoms with Crippen molar-refractivity contribution in [2.45, 2.75) is 23.2 Å². The first kappa shape index (κ1) is 22.4. The lowest BCUT2D eigenvalue weighted by Crippen LogP contribution is -2.26. The number of amides is 2. The summed E-state index contributed by atoms with van der Waals surface area (Å²) in [5.41, 5.74) is 1.59. The minimum atomic E-state index is -0.267. The zero-order chi connectivity index (χ0) is 23.3. The highest BCUT2D eigenvalue weighted by atomic mass is 32.2. The Morgan fingerprint density at radius 3 is 2.53 bits per heavy atom. The molecule has 1 aromatic heterocycles. The lowest BCUT2D eigenvalue weighted by Gasteiger charge is -2.08. The van der Waals surface area contributed by atoms with Crippen molar-refractivity contribution in [1.82, 2.24) is 10.3 Å². The van der Waals surface area contributed by atoms with Crippen LogP contribution in [-0.4, -0.2) is 35.2 Å². The molecule has 0 atom stereocenters. The Morgan fingerprint density at radius 1 is 0.971 bits per heavy atom. The van der Waals surface area contributed by atoms with E-state index in [4.69, 9.17) is 9.72 Å². The molecule has 34 heavy (non-hydrogen) atoms. The van der Waals surface area contributed by atoms with Crippen LogP contribution in [0.5, 0.6) is 5.75 Å². The maximum Gasteiger partial charge on any atom is 0.262 e. The van der Waals surface area contributed by atoms with Gasteiger partial charge in [-0.25, -0.2) is 4.98 Å². The Kier molecular flexibility index (Phi) is 6.78. The van der Waals surface area contributed by atoms with Crippen molar-refractivity contribution < 1.29 is 14.3 Å². The Morgan fingerprint density at radius 2 is 1.74 bits per heavy atom. The molecule has 1 fully saturated rings. The van der Waals surface area contributed by atoms with E-state index in [1.807, 2.05) is 72.8 Å². The standard InChI is InChI=1S/C26H23N3O3S2/c30-22(15-32-21-13-10-17-6-4-5-9-19(17)14-21)28-25-24(18-7-2-1-3-8-18)29-26(34-25)33-16-23(31)27-20-11-12-20/h1-10,13-14,20H,11-12,15-16H2,(H,27,31)(H,28,30). The Labute approximate surface area is 205 Å². The number of rotatable bonds is 9. The molecule has 2 N–H and O–H groups in total. The highest BCUT2D eigenvalue weighted by Gasteiger charge is 2.23. The van der Waals surface area contributed by atoms with Crippen LogP contribution in [-0.2, 0) is 9.59 Å². The van der Waals surface area contributed by atoms with Gasteiger partial charge in [-0.15, -0.1) is 0 Å². The van der Waals surface area contributed by atoms with Crippen LogP contribution in [0.15, 0.2) is 77.1 Å². The summed E-state index contributed by atoms with van der Waals surface area (Å²) in [6.45, 7) is -0.114.